The van der Waals surface area contributed by atoms with Crippen molar-refractivity contribution in [3.63, 3.8) is 0 Å². The Balaban J connectivity index is 4.29. The molecule has 362 valence electrons. The predicted octanol–water partition coefficient (Wildman–Crippen LogP) is 13.4. The number of carboxylic acids is 1. The molecule has 0 aliphatic rings. The van der Waals surface area contributed by atoms with Gasteiger partial charge >= 0.3 is 11.9 Å². The molecular weight excluding hydrogens is 787 g/mol. The standard InChI is InChI=1S/C55H95NO7/c1-6-8-10-12-14-16-18-20-22-24-25-26-27-28-29-30-32-34-36-38-40-42-44-46-54(58)63-51(49-61-48-47-52(55(59)60)56(3,4)5)50-62-53(57)45-43-41-39-37-35-33-31-23-21-19-17-15-13-11-9-7-2/h8,10,14,16,20,22-23,25-26,31,33,35,51-52H,6-7,9,11-13,15,17-19,21,24,27-30,32,34,36-50H2,1-5H3/b10-8+,16-14+,22-20+,26-25+,31-23+,35-33+. The van der Waals surface area contributed by atoms with Crippen LogP contribution in [0.5, 0.6) is 0 Å². The van der Waals surface area contributed by atoms with Gasteiger partial charge in [0.25, 0.3) is 0 Å². The second-order valence-electron chi connectivity index (χ2n) is 18.1. The minimum Gasteiger partial charge on any atom is -0.544 e. The van der Waals surface area contributed by atoms with Crippen molar-refractivity contribution in [1.29, 1.82) is 0 Å². The molecule has 0 amide bonds. The minimum absolute atomic E-state index is 0.0280. The predicted molar refractivity (Wildman–Crippen MR) is 263 cm³/mol. The van der Waals surface area contributed by atoms with Crippen LogP contribution < -0.4 is 5.11 Å². The summed E-state index contributed by atoms with van der Waals surface area (Å²) in [6.07, 6.45) is 57.9. The molecule has 8 nitrogen and oxygen atoms in total. The number of quaternary nitrogens is 1. The van der Waals surface area contributed by atoms with Crippen LogP contribution in [0.1, 0.15) is 206 Å². The van der Waals surface area contributed by atoms with E-state index in [0.717, 1.165) is 83.5 Å². The van der Waals surface area contributed by atoms with E-state index in [-0.39, 0.29) is 42.7 Å². The van der Waals surface area contributed by atoms with Crippen molar-refractivity contribution in [2.75, 3.05) is 41.0 Å². The van der Waals surface area contributed by atoms with Crippen LogP contribution in [0.3, 0.4) is 0 Å². The zero-order valence-electron chi connectivity index (χ0n) is 41.2. The van der Waals surface area contributed by atoms with E-state index in [1.165, 1.54) is 89.9 Å². The third-order valence-electron chi connectivity index (χ3n) is 11.1. The lowest BCUT2D eigenvalue weighted by molar-refractivity contribution is -0.889. The molecule has 0 aliphatic carbocycles. The number of hydrogen-bond acceptors (Lipinski definition) is 7. The number of unbranched alkanes of at least 4 members (excludes halogenated alkanes) is 20. The van der Waals surface area contributed by atoms with Crippen molar-refractivity contribution in [2.45, 2.75) is 219 Å². The number of allylic oxidation sites excluding steroid dienone is 12. The molecule has 0 aromatic heterocycles. The highest BCUT2D eigenvalue weighted by atomic mass is 16.6. The topological polar surface area (TPSA) is 102 Å². The van der Waals surface area contributed by atoms with E-state index in [1.807, 2.05) is 0 Å². The number of nitrogens with zero attached hydrogens (tertiary/aromatic N) is 1. The number of rotatable bonds is 45. The Morgan fingerprint density at radius 1 is 0.508 bits per heavy atom. The van der Waals surface area contributed by atoms with E-state index >= 15 is 0 Å². The van der Waals surface area contributed by atoms with Gasteiger partial charge in [-0.15, -0.1) is 0 Å². The molecule has 0 N–H and O–H groups in total. The number of ether oxygens (including phenoxy) is 3. The van der Waals surface area contributed by atoms with Crippen LogP contribution >= 0.6 is 0 Å². The summed E-state index contributed by atoms with van der Waals surface area (Å²) in [4.78, 5) is 37.0. The van der Waals surface area contributed by atoms with Crippen molar-refractivity contribution in [3.8, 4) is 0 Å². The molecule has 0 aromatic rings. The zero-order valence-corrected chi connectivity index (χ0v) is 41.2. The van der Waals surface area contributed by atoms with Gasteiger partial charge in [0.2, 0.25) is 0 Å². The van der Waals surface area contributed by atoms with Gasteiger partial charge in [0.1, 0.15) is 12.6 Å². The van der Waals surface area contributed by atoms with Crippen LogP contribution in [-0.2, 0) is 28.6 Å². The molecule has 63 heavy (non-hydrogen) atoms. The smallest absolute Gasteiger partial charge is 0.306 e. The summed E-state index contributed by atoms with van der Waals surface area (Å²) in [5.74, 6) is -1.78. The summed E-state index contributed by atoms with van der Waals surface area (Å²) in [6, 6.07) is -0.734. The Morgan fingerprint density at radius 2 is 0.937 bits per heavy atom. The highest BCUT2D eigenvalue weighted by molar-refractivity contribution is 5.70. The number of aliphatic carboxylic acids is 1. The average Bonchev–Trinajstić information content (AvgIpc) is 3.24. The fraction of sp³-hybridized carbons (Fsp3) is 0.727. The molecule has 0 saturated carbocycles. The lowest BCUT2D eigenvalue weighted by Crippen LogP contribution is -2.55. The van der Waals surface area contributed by atoms with E-state index in [2.05, 4.69) is 86.8 Å². The fourth-order valence-corrected chi connectivity index (χ4v) is 7.17. The normalized spacial score (nSPS) is 13.5. The van der Waals surface area contributed by atoms with Crippen LogP contribution in [0, 0.1) is 0 Å². The van der Waals surface area contributed by atoms with Crippen LogP contribution in [0.2, 0.25) is 0 Å². The Bertz CT molecular complexity index is 1260. The van der Waals surface area contributed by atoms with Crippen molar-refractivity contribution < 1.29 is 38.2 Å². The van der Waals surface area contributed by atoms with E-state index < -0.39 is 18.1 Å². The molecule has 0 aromatic carbocycles. The van der Waals surface area contributed by atoms with E-state index in [9.17, 15) is 19.5 Å². The molecule has 8 heteroatoms. The number of carboxylic acid groups (broad SMARTS) is 1. The van der Waals surface area contributed by atoms with Gasteiger partial charge in [0.05, 0.1) is 40.3 Å². The first-order chi connectivity index (χ1) is 30.6. The molecule has 0 fully saturated rings. The first kappa shape index (κ1) is 59.8. The number of esters is 2. The summed E-state index contributed by atoms with van der Waals surface area (Å²) in [6.45, 7) is 4.52. The summed E-state index contributed by atoms with van der Waals surface area (Å²) in [5.41, 5.74) is 0. The summed E-state index contributed by atoms with van der Waals surface area (Å²) in [5, 5.41) is 11.7. The highest BCUT2D eigenvalue weighted by Crippen LogP contribution is 2.14. The Morgan fingerprint density at radius 3 is 1.43 bits per heavy atom. The first-order valence-electron chi connectivity index (χ1n) is 25.5. The van der Waals surface area contributed by atoms with Crippen molar-refractivity contribution in [2.24, 2.45) is 0 Å². The molecule has 0 radical (unpaired) electrons. The Hall–Kier alpha value is -3.23. The molecule has 0 aliphatic heterocycles. The van der Waals surface area contributed by atoms with Gasteiger partial charge in [-0.25, -0.2) is 0 Å². The quantitative estimate of drug-likeness (QED) is 0.0197. The van der Waals surface area contributed by atoms with E-state index in [1.54, 1.807) is 21.1 Å². The highest BCUT2D eigenvalue weighted by Gasteiger charge is 2.25. The molecule has 2 unspecified atom stereocenters. The second kappa shape index (κ2) is 45.3. The molecule has 0 bridgehead atoms. The monoisotopic (exact) mass is 882 g/mol. The molecule has 0 rings (SSSR count). The first-order valence-corrected chi connectivity index (χ1v) is 25.5. The Kier molecular flexibility index (Phi) is 43.0. The fourth-order valence-electron chi connectivity index (χ4n) is 7.17. The van der Waals surface area contributed by atoms with Gasteiger partial charge in [-0.3, -0.25) is 9.59 Å². The second-order valence-corrected chi connectivity index (χ2v) is 18.1. The SMILES string of the molecule is CC/C=C/C/C=C/C/C=C/C/C=C/CCCCCCCCCCCCC(=O)OC(COCCC(C(=O)[O-])[N+](C)(C)C)COC(=O)CCCCC/C=C/C=C/CCCCCCCCC. The summed E-state index contributed by atoms with van der Waals surface area (Å²) >= 11 is 0. The van der Waals surface area contributed by atoms with E-state index in [0.29, 0.717) is 12.8 Å². The maximum absolute atomic E-state index is 12.8. The van der Waals surface area contributed by atoms with Gasteiger partial charge in [-0.05, 0) is 77.0 Å². The van der Waals surface area contributed by atoms with Gasteiger partial charge < -0.3 is 28.6 Å². The van der Waals surface area contributed by atoms with Crippen molar-refractivity contribution >= 4 is 17.9 Å². The number of carbonyl (C=O) groups is 3. The lowest BCUT2D eigenvalue weighted by Gasteiger charge is -2.34. The third-order valence-corrected chi connectivity index (χ3v) is 11.1. The van der Waals surface area contributed by atoms with Crippen LogP contribution in [0.25, 0.3) is 0 Å². The van der Waals surface area contributed by atoms with Crippen molar-refractivity contribution in [1.82, 2.24) is 0 Å². The molecule has 0 heterocycles. The molecule has 0 spiro atoms. The van der Waals surface area contributed by atoms with Crippen LogP contribution in [-0.4, -0.2) is 75.5 Å². The van der Waals surface area contributed by atoms with Crippen LogP contribution in [0.15, 0.2) is 72.9 Å². The largest absolute Gasteiger partial charge is 0.544 e. The molecule has 0 saturated heterocycles. The zero-order chi connectivity index (χ0) is 46.3. The Labute approximate surface area is 387 Å². The van der Waals surface area contributed by atoms with Gasteiger partial charge in [0.15, 0.2) is 6.10 Å². The third kappa shape index (κ3) is 43.8. The lowest BCUT2D eigenvalue weighted by atomic mass is 10.0. The molecular formula is C55H95NO7. The molecule has 2 atom stereocenters. The minimum atomic E-state index is -1.13. The summed E-state index contributed by atoms with van der Waals surface area (Å²) in [7, 11) is 5.40. The van der Waals surface area contributed by atoms with Gasteiger partial charge in [0, 0.05) is 19.3 Å². The van der Waals surface area contributed by atoms with Gasteiger partial charge in [-0.2, -0.15) is 0 Å². The average molecular weight is 882 g/mol. The van der Waals surface area contributed by atoms with Gasteiger partial charge in [-0.1, -0.05) is 183 Å². The maximum atomic E-state index is 12.8. The van der Waals surface area contributed by atoms with Crippen molar-refractivity contribution in [3.05, 3.63) is 72.9 Å². The van der Waals surface area contributed by atoms with Crippen LogP contribution in [0.4, 0.5) is 0 Å². The van der Waals surface area contributed by atoms with E-state index in [4.69, 9.17) is 14.2 Å². The maximum Gasteiger partial charge on any atom is 0.306 e. The number of likely N-dealkylation sites (N-methyl/N-ethyl adjacent to an activating group) is 1. The summed E-state index contributed by atoms with van der Waals surface area (Å²) < 4.78 is 17.2. The number of hydrogen-bond donors (Lipinski definition) is 0. The number of carbonyl (C=O) groups excluding carboxylic acids is 3.